The predicted molar refractivity (Wildman–Crippen MR) is 94.7 cm³/mol. The van der Waals surface area contributed by atoms with E-state index in [1.807, 2.05) is 0 Å². The number of rotatable bonds is 7. The Morgan fingerprint density at radius 2 is 1.93 bits per heavy atom. The lowest BCUT2D eigenvalue weighted by Crippen LogP contribution is -2.20. The third kappa shape index (κ3) is 5.92. The highest BCUT2D eigenvalue weighted by Crippen LogP contribution is 2.28. The Morgan fingerprint density at radius 3 is 2.56 bits per heavy atom. The van der Waals surface area contributed by atoms with Crippen LogP contribution in [0.5, 0.6) is 5.75 Å². The lowest BCUT2D eigenvalue weighted by Gasteiger charge is -2.09. The fourth-order valence-electron chi connectivity index (χ4n) is 2.01. The van der Waals surface area contributed by atoms with Crippen molar-refractivity contribution in [3.05, 3.63) is 70.0 Å². The Morgan fingerprint density at radius 1 is 1.22 bits per heavy atom. The van der Waals surface area contributed by atoms with Gasteiger partial charge in [-0.25, -0.2) is 9.18 Å². The molecule has 0 aliphatic heterocycles. The Bertz CT molecular complexity index is 880. The minimum absolute atomic E-state index is 0.0973. The molecule has 0 aliphatic carbocycles. The zero-order chi connectivity index (χ0) is 19.8. The van der Waals surface area contributed by atoms with E-state index in [4.69, 9.17) is 9.47 Å². The summed E-state index contributed by atoms with van der Waals surface area (Å²) >= 11 is 0. The molecule has 2 rings (SSSR count). The first-order valence-electron chi connectivity index (χ1n) is 7.61. The fourth-order valence-corrected chi connectivity index (χ4v) is 2.01. The summed E-state index contributed by atoms with van der Waals surface area (Å²) in [5.74, 6) is -1.70. The molecule has 0 unspecified atom stereocenters. The molecule has 0 saturated heterocycles. The SMILES string of the molecule is COc1cc([N+](=O)[O-])ccc1NC(=O)COC(=O)/C=C/c1ccc(F)cc1. The minimum atomic E-state index is -0.759. The van der Waals surface area contributed by atoms with E-state index in [9.17, 15) is 24.1 Å². The van der Waals surface area contributed by atoms with E-state index < -0.39 is 29.2 Å². The molecule has 0 radical (unpaired) electrons. The molecule has 0 aromatic heterocycles. The number of esters is 1. The number of hydrogen-bond acceptors (Lipinski definition) is 6. The Labute approximate surface area is 153 Å². The smallest absolute Gasteiger partial charge is 0.331 e. The van der Waals surface area contributed by atoms with Crippen molar-refractivity contribution < 1.29 is 28.4 Å². The molecule has 1 N–H and O–H groups in total. The third-order valence-corrected chi connectivity index (χ3v) is 3.30. The van der Waals surface area contributed by atoms with E-state index in [2.05, 4.69) is 5.32 Å². The van der Waals surface area contributed by atoms with Crippen molar-refractivity contribution in [1.29, 1.82) is 0 Å². The summed E-state index contributed by atoms with van der Waals surface area (Å²) in [6.45, 7) is -0.563. The number of nitro benzene ring substituents is 1. The van der Waals surface area contributed by atoms with E-state index in [1.54, 1.807) is 0 Å². The summed E-state index contributed by atoms with van der Waals surface area (Å²) in [4.78, 5) is 33.6. The Balaban J connectivity index is 1.89. The van der Waals surface area contributed by atoms with Crippen LogP contribution in [-0.2, 0) is 14.3 Å². The second-order valence-electron chi connectivity index (χ2n) is 5.18. The number of hydrogen-bond donors (Lipinski definition) is 1. The topological polar surface area (TPSA) is 108 Å². The van der Waals surface area contributed by atoms with Gasteiger partial charge in [0.15, 0.2) is 6.61 Å². The molecule has 1 amide bonds. The first kappa shape index (κ1) is 19.6. The first-order valence-corrected chi connectivity index (χ1v) is 7.61. The zero-order valence-electron chi connectivity index (χ0n) is 14.2. The van der Waals surface area contributed by atoms with Gasteiger partial charge in [-0.15, -0.1) is 0 Å². The van der Waals surface area contributed by atoms with E-state index in [1.165, 1.54) is 49.6 Å². The molecule has 0 heterocycles. The molecule has 8 nitrogen and oxygen atoms in total. The van der Waals surface area contributed by atoms with Crippen molar-refractivity contribution in [1.82, 2.24) is 0 Å². The maximum Gasteiger partial charge on any atom is 0.331 e. The van der Waals surface area contributed by atoms with Gasteiger partial charge in [-0.1, -0.05) is 12.1 Å². The summed E-state index contributed by atoms with van der Waals surface area (Å²) in [5.41, 5.74) is 0.599. The quantitative estimate of drug-likeness (QED) is 0.345. The van der Waals surface area contributed by atoms with E-state index in [-0.39, 0.29) is 17.1 Å². The second kappa shape index (κ2) is 9.09. The highest BCUT2D eigenvalue weighted by atomic mass is 19.1. The average Bonchev–Trinajstić information content (AvgIpc) is 2.66. The van der Waals surface area contributed by atoms with Crippen LogP contribution in [0.3, 0.4) is 0 Å². The largest absolute Gasteiger partial charge is 0.494 e. The lowest BCUT2D eigenvalue weighted by molar-refractivity contribution is -0.384. The van der Waals surface area contributed by atoms with E-state index in [0.29, 0.717) is 5.56 Å². The molecule has 0 atom stereocenters. The van der Waals surface area contributed by atoms with Crippen LogP contribution in [0.2, 0.25) is 0 Å². The number of halogens is 1. The van der Waals surface area contributed by atoms with Gasteiger partial charge in [-0.2, -0.15) is 0 Å². The zero-order valence-corrected chi connectivity index (χ0v) is 14.2. The van der Waals surface area contributed by atoms with Crippen LogP contribution < -0.4 is 10.1 Å². The summed E-state index contributed by atoms with van der Waals surface area (Å²) in [6.07, 6.45) is 2.52. The number of anilines is 1. The molecule has 0 fully saturated rings. The Kier molecular flexibility index (Phi) is 6.59. The number of carbonyl (C=O) groups is 2. The maximum absolute atomic E-state index is 12.8. The number of nitro groups is 1. The van der Waals surface area contributed by atoms with Crippen molar-refractivity contribution in [3.63, 3.8) is 0 Å². The molecule has 2 aromatic carbocycles. The maximum atomic E-state index is 12.8. The van der Waals surface area contributed by atoms with Crippen LogP contribution in [-0.4, -0.2) is 30.5 Å². The number of carbonyl (C=O) groups excluding carboxylic acids is 2. The van der Waals surface area contributed by atoms with Crippen molar-refractivity contribution in [2.45, 2.75) is 0 Å². The van der Waals surface area contributed by atoms with E-state index >= 15 is 0 Å². The number of ether oxygens (including phenoxy) is 2. The number of methoxy groups -OCH3 is 1. The van der Waals surface area contributed by atoms with Gasteiger partial charge in [0.25, 0.3) is 11.6 Å². The summed E-state index contributed by atoms with van der Waals surface area (Å²) in [5, 5.41) is 13.2. The minimum Gasteiger partial charge on any atom is -0.494 e. The van der Waals surface area contributed by atoms with Crippen molar-refractivity contribution >= 4 is 29.3 Å². The standard InChI is InChI=1S/C18H15FN2O6/c1-26-16-10-14(21(24)25)7-8-15(16)20-17(22)11-27-18(23)9-4-12-2-5-13(19)6-3-12/h2-10H,11H2,1H3,(H,20,22)/b9-4+. The van der Waals surface area contributed by atoms with E-state index in [0.717, 1.165) is 12.1 Å². The van der Waals surface area contributed by atoms with Gasteiger partial charge in [0.2, 0.25) is 0 Å². The monoisotopic (exact) mass is 374 g/mol. The highest BCUT2D eigenvalue weighted by molar-refractivity contribution is 5.95. The molecule has 9 heteroatoms. The molecule has 0 bridgehead atoms. The summed E-state index contributed by atoms with van der Waals surface area (Å²) in [6, 6.07) is 9.12. The third-order valence-electron chi connectivity index (χ3n) is 3.30. The van der Waals surface area contributed by atoms with Crippen molar-refractivity contribution in [3.8, 4) is 5.75 Å². The van der Waals surface area contributed by atoms with Crippen LogP contribution >= 0.6 is 0 Å². The Hall–Kier alpha value is -3.75. The molecule has 0 saturated carbocycles. The number of amides is 1. The second-order valence-corrected chi connectivity index (χ2v) is 5.18. The van der Waals surface area contributed by atoms with Gasteiger partial charge in [-0.05, 0) is 29.8 Å². The average molecular weight is 374 g/mol. The van der Waals surface area contributed by atoms with Crippen LogP contribution in [0.1, 0.15) is 5.56 Å². The number of nitrogens with one attached hydrogen (secondary N) is 1. The molecule has 0 aliphatic rings. The predicted octanol–water partition coefficient (Wildman–Crippen LogP) is 2.94. The first-order chi connectivity index (χ1) is 12.9. The van der Waals surface area contributed by atoms with Crippen LogP contribution in [0.15, 0.2) is 48.5 Å². The van der Waals surface area contributed by atoms with Gasteiger partial charge in [0.1, 0.15) is 11.6 Å². The van der Waals surface area contributed by atoms with Crippen LogP contribution in [0, 0.1) is 15.9 Å². The fraction of sp³-hybridized carbons (Fsp3) is 0.111. The van der Waals surface area contributed by atoms with Crippen molar-refractivity contribution in [2.75, 3.05) is 19.0 Å². The van der Waals surface area contributed by atoms with Gasteiger partial charge in [0, 0.05) is 12.1 Å². The van der Waals surface area contributed by atoms with Gasteiger partial charge in [0.05, 0.1) is 23.8 Å². The van der Waals surface area contributed by atoms with Crippen LogP contribution in [0.25, 0.3) is 6.08 Å². The molecular weight excluding hydrogens is 359 g/mol. The molecule has 140 valence electrons. The van der Waals surface area contributed by atoms with Gasteiger partial charge in [-0.3, -0.25) is 14.9 Å². The van der Waals surface area contributed by atoms with Crippen molar-refractivity contribution in [2.24, 2.45) is 0 Å². The van der Waals surface area contributed by atoms with Gasteiger partial charge < -0.3 is 14.8 Å². The molecule has 2 aromatic rings. The number of non-ortho nitro benzene ring substituents is 1. The molecular formula is C18H15FN2O6. The summed E-state index contributed by atoms with van der Waals surface area (Å²) < 4.78 is 22.6. The number of nitrogens with zero attached hydrogens (tertiary/aromatic N) is 1. The number of benzene rings is 2. The highest BCUT2D eigenvalue weighted by Gasteiger charge is 2.14. The van der Waals surface area contributed by atoms with Crippen LogP contribution in [0.4, 0.5) is 15.8 Å². The van der Waals surface area contributed by atoms with Gasteiger partial charge >= 0.3 is 5.97 Å². The summed E-state index contributed by atoms with van der Waals surface area (Å²) in [7, 11) is 1.30. The molecule has 27 heavy (non-hydrogen) atoms. The normalized spacial score (nSPS) is 10.4. The molecule has 0 spiro atoms. The lowest BCUT2D eigenvalue weighted by atomic mass is 10.2.